The van der Waals surface area contributed by atoms with Crippen molar-refractivity contribution in [3.05, 3.63) is 19.1 Å². The summed E-state index contributed by atoms with van der Waals surface area (Å²) < 4.78 is 0. The van der Waals surface area contributed by atoms with Crippen LogP contribution in [0.1, 0.15) is 20.3 Å². The normalized spacial score (nSPS) is 11.6. The van der Waals surface area contributed by atoms with Crippen LogP contribution in [0.15, 0.2) is 12.2 Å². The van der Waals surface area contributed by atoms with E-state index >= 15 is 0 Å². The average Bonchev–Trinajstić information content (AvgIpc) is 1.98. The smallest absolute Gasteiger partial charge is 0.0163 e. The van der Waals surface area contributed by atoms with Crippen LogP contribution in [-0.2, 0) is 0 Å². The van der Waals surface area contributed by atoms with Gasteiger partial charge in [-0.25, -0.2) is 0 Å². The van der Waals surface area contributed by atoms with Crippen molar-refractivity contribution in [1.82, 2.24) is 4.90 Å². The lowest BCUT2D eigenvalue weighted by Gasteiger charge is -2.16. The first-order chi connectivity index (χ1) is 4.85. The number of hydrogen-bond donors (Lipinski definition) is 0. The van der Waals surface area contributed by atoms with E-state index < -0.39 is 0 Å². The molecule has 1 heteroatoms. The third-order valence-corrected chi connectivity index (χ3v) is 1.52. The Morgan fingerprint density at radius 1 is 1.40 bits per heavy atom. The predicted molar refractivity (Wildman–Crippen MR) is 46.9 cm³/mol. The van der Waals surface area contributed by atoms with E-state index in [-0.39, 0.29) is 0 Å². The van der Waals surface area contributed by atoms with Crippen molar-refractivity contribution >= 4 is 0 Å². The van der Waals surface area contributed by atoms with Crippen LogP contribution in [0.3, 0.4) is 0 Å². The second-order valence-corrected chi connectivity index (χ2v) is 2.36. The Morgan fingerprint density at radius 3 is 2.50 bits per heavy atom. The van der Waals surface area contributed by atoms with Crippen LogP contribution in [-0.4, -0.2) is 24.5 Å². The van der Waals surface area contributed by atoms with E-state index in [0.717, 1.165) is 13.1 Å². The third-order valence-electron chi connectivity index (χ3n) is 1.52. The molecule has 0 aromatic rings. The van der Waals surface area contributed by atoms with Crippen LogP contribution in [0.2, 0.25) is 0 Å². The molecule has 0 N–H and O–H groups in total. The largest absolute Gasteiger partial charge is 0.300 e. The average molecular weight is 140 g/mol. The van der Waals surface area contributed by atoms with E-state index in [2.05, 4.69) is 31.7 Å². The molecule has 0 fully saturated rings. The molecule has 59 valence electrons. The molecule has 0 aromatic heterocycles. The van der Waals surface area contributed by atoms with E-state index in [0.29, 0.717) is 0 Å². The van der Waals surface area contributed by atoms with Crippen LogP contribution < -0.4 is 0 Å². The summed E-state index contributed by atoms with van der Waals surface area (Å²) in [5, 5.41) is 0. The Kier molecular flexibility index (Phi) is 6.61. The summed E-state index contributed by atoms with van der Waals surface area (Å²) in [7, 11) is 0. The van der Waals surface area contributed by atoms with Gasteiger partial charge in [0, 0.05) is 6.54 Å². The first-order valence-corrected chi connectivity index (χ1v) is 4.01. The Hall–Kier alpha value is -0.300. The molecule has 0 bridgehead atoms. The predicted octanol–water partition coefficient (Wildman–Crippen LogP) is 2.11. The molecule has 0 amide bonds. The maximum atomic E-state index is 3.64. The van der Waals surface area contributed by atoms with Gasteiger partial charge in [0.05, 0.1) is 0 Å². The van der Waals surface area contributed by atoms with Crippen LogP contribution in [0.25, 0.3) is 0 Å². The van der Waals surface area contributed by atoms with Crippen LogP contribution in [0.4, 0.5) is 0 Å². The number of hydrogen-bond acceptors (Lipinski definition) is 1. The van der Waals surface area contributed by atoms with E-state index in [1.165, 1.54) is 13.0 Å². The molecule has 0 aliphatic heterocycles. The van der Waals surface area contributed by atoms with Crippen molar-refractivity contribution < 1.29 is 0 Å². The second kappa shape index (κ2) is 6.81. The Labute approximate surface area is 64.7 Å². The van der Waals surface area contributed by atoms with Gasteiger partial charge in [0.2, 0.25) is 0 Å². The maximum absolute atomic E-state index is 3.64. The van der Waals surface area contributed by atoms with Crippen LogP contribution in [0.5, 0.6) is 0 Å². The van der Waals surface area contributed by atoms with Crippen molar-refractivity contribution in [1.29, 1.82) is 0 Å². The number of likely N-dealkylation sites (N-methyl/N-ethyl adjacent to an activating group) is 1. The number of allylic oxidation sites excluding steroid dienone is 1. The SMILES string of the molecule is [CH2]/C=C/CN(CC)CCC. The summed E-state index contributed by atoms with van der Waals surface area (Å²) in [6, 6.07) is 0. The van der Waals surface area contributed by atoms with E-state index in [1.54, 1.807) is 0 Å². The standard InChI is InChI=1S/C9H18N/c1-4-7-9-10(6-3)8-5-2/h4,7H,1,5-6,8-9H2,2-3H3/b7-4+. The summed E-state index contributed by atoms with van der Waals surface area (Å²) in [5.74, 6) is 0. The minimum absolute atomic E-state index is 1.05. The molecule has 0 aliphatic carbocycles. The first kappa shape index (κ1) is 9.70. The van der Waals surface area contributed by atoms with Crippen molar-refractivity contribution in [3.63, 3.8) is 0 Å². The Bertz CT molecular complexity index is 86.7. The molecule has 0 saturated heterocycles. The Morgan fingerprint density at radius 2 is 2.10 bits per heavy atom. The molecule has 0 spiro atoms. The van der Waals surface area contributed by atoms with Gasteiger partial charge >= 0.3 is 0 Å². The zero-order chi connectivity index (χ0) is 7.82. The minimum atomic E-state index is 1.05. The van der Waals surface area contributed by atoms with Gasteiger partial charge in [-0.3, -0.25) is 4.90 Å². The quantitative estimate of drug-likeness (QED) is 0.565. The van der Waals surface area contributed by atoms with Gasteiger partial charge in [0.1, 0.15) is 0 Å². The second-order valence-electron chi connectivity index (χ2n) is 2.36. The van der Waals surface area contributed by atoms with Gasteiger partial charge in [0.15, 0.2) is 0 Å². The fourth-order valence-corrected chi connectivity index (χ4v) is 0.918. The molecule has 1 nitrogen and oxygen atoms in total. The summed E-state index contributed by atoms with van der Waals surface area (Å²) >= 11 is 0. The van der Waals surface area contributed by atoms with Crippen molar-refractivity contribution in [2.45, 2.75) is 20.3 Å². The zero-order valence-electron chi connectivity index (χ0n) is 7.14. The van der Waals surface area contributed by atoms with Crippen LogP contribution >= 0.6 is 0 Å². The fourth-order valence-electron chi connectivity index (χ4n) is 0.918. The van der Waals surface area contributed by atoms with Crippen LogP contribution in [0, 0.1) is 6.92 Å². The van der Waals surface area contributed by atoms with Gasteiger partial charge in [-0.2, -0.15) is 0 Å². The molecule has 0 aliphatic rings. The Balaban J connectivity index is 3.39. The summed E-state index contributed by atoms with van der Waals surface area (Å²) in [5.41, 5.74) is 0. The molecular formula is C9H18N. The lowest BCUT2D eigenvalue weighted by atomic mass is 10.4. The summed E-state index contributed by atoms with van der Waals surface area (Å²) in [6.07, 6.45) is 5.19. The lowest BCUT2D eigenvalue weighted by Crippen LogP contribution is -2.23. The molecule has 0 unspecified atom stereocenters. The van der Waals surface area contributed by atoms with Crippen molar-refractivity contribution in [3.8, 4) is 0 Å². The molecule has 10 heavy (non-hydrogen) atoms. The molecule has 0 aromatic carbocycles. The molecule has 0 atom stereocenters. The molecule has 0 rings (SSSR count). The lowest BCUT2D eigenvalue weighted by molar-refractivity contribution is 0.320. The topological polar surface area (TPSA) is 3.24 Å². The molecular weight excluding hydrogens is 122 g/mol. The van der Waals surface area contributed by atoms with Gasteiger partial charge in [-0.1, -0.05) is 26.0 Å². The zero-order valence-corrected chi connectivity index (χ0v) is 7.14. The van der Waals surface area contributed by atoms with E-state index in [9.17, 15) is 0 Å². The van der Waals surface area contributed by atoms with Gasteiger partial charge < -0.3 is 0 Å². The highest BCUT2D eigenvalue weighted by molar-refractivity contribution is 4.86. The molecule has 0 saturated carbocycles. The van der Waals surface area contributed by atoms with Gasteiger partial charge in [0.25, 0.3) is 0 Å². The first-order valence-electron chi connectivity index (χ1n) is 4.01. The molecule has 1 radical (unpaired) electrons. The number of rotatable bonds is 5. The van der Waals surface area contributed by atoms with E-state index in [4.69, 9.17) is 0 Å². The highest BCUT2D eigenvalue weighted by Gasteiger charge is 1.94. The highest BCUT2D eigenvalue weighted by Crippen LogP contribution is 1.90. The maximum Gasteiger partial charge on any atom is 0.0163 e. The fraction of sp³-hybridized carbons (Fsp3) is 0.667. The van der Waals surface area contributed by atoms with Crippen molar-refractivity contribution in [2.75, 3.05) is 19.6 Å². The van der Waals surface area contributed by atoms with Gasteiger partial charge in [-0.05, 0) is 26.4 Å². The summed E-state index contributed by atoms with van der Waals surface area (Å²) in [6.45, 7) is 11.4. The van der Waals surface area contributed by atoms with Gasteiger partial charge in [-0.15, -0.1) is 0 Å². The highest BCUT2D eigenvalue weighted by atomic mass is 15.1. The third kappa shape index (κ3) is 4.57. The number of nitrogens with zero attached hydrogens (tertiary/aromatic N) is 1. The molecule has 0 heterocycles. The minimum Gasteiger partial charge on any atom is -0.300 e. The summed E-state index contributed by atoms with van der Waals surface area (Å²) in [4.78, 5) is 2.39. The van der Waals surface area contributed by atoms with Crippen molar-refractivity contribution in [2.24, 2.45) is 0 Å². The monoisotopic (exact) mass is 140 g/mol. The van der Waals surface area contributed by atoms with E-state index in [1.807, 2.05) is 6.08 Å².